The summed E-state index contributed by atoms with van der Waals surface area (Å²) in [5.74, 6) is -0.0833. The molecule has 0 bridgehead atoms. The lowest BCUT2D eigenvalue weighted by atomic mass is 10.1. The van der Waals surface area contributed by atoms with Crippen LogP contribution in [0.1, 0.15) is 213 Å². The van der Waals surface area contributed by atoms with E-state index in [2.05, 4.69) is 55.6 Å². The van der Waals surface area contributed by atoms with Crippen LogP contribution in [0.2, 0.25) is 0 Å². The number of hydrogen-bond acceptors (Lipinski definition) is 3. The number of aliphatic hydroxyl groups is 2. The van der Waals surface area contributed by atoms with E-state index < -0.39 is 12.1 Å². The van der Waals surface area contributed by atoms with Gasteiger partial charge in [-0.25, -0.2) is 0 Å². The number of carbonyl (C=O) groups is 1. The van der Waals surface area contributed by atoms with Gasteiger partial charge < -0.3 is 15.5 Å². The molecule has 0 aliphatic heterocycles. The quantitative estimate of drug-likeness (QED) is 0.0447. The second-order valence-corrected chi connectivity index (χ2v) is 14.4. The summed E-state index contributed by atoms with van der Waals surface area (Å²) in [7, 11) is 0. The third-order valence-electron chi connectivity index (χ3n) is 9.51. The Morgan fingerprint density at radius 2 is 0.796 bits per heavy atom. The minimum absolute atomic E-state index is 0.0833. The van der Waals surface area contributed by atoms with E-state index in [0.29, 0.717) is 6.42 Å². The molecule has 49 heavy (non-hydrogen) atoms. The van der Waals surface area contributed by atoms with Crippen molar-refractivity contribution >= 4 is 5.91 Å². The molecule has 2 unspecified atom stereocenters. The van der Waals surface area contributed by atoms with Gasteiger partial charge >= 0.3 is 0 Å². The Morgan fingerprint density at radius 1 is 0.469 bits per heavy atom. The number of unbranched alkanes of at least 4 members (excludes halogenated alkanes) is 25. The highest BCUT2D eigenvalue weighted by Gasteiger charge is 2.17. The lowest BCUT2D eigenvalue weighted by Gasteiger charge is -2.19. The molecule has 4 heteroatoms. The van der Waals surface area contributed by atoms with Gasteiger partial charge in [-0.15, -0.1) is 0 Å². The minimum atomic E-state index is -0.871. The summed E-state index contributed by atoms with van der Waals surface area (Å²) in [6.45, 7) is 4.28. The van der Waals surface area contributed by atoms with Crippen LogP contribution in [0.4, 0.5) is 0 Å². The van der Waals surface area contributed by atoms with Gasteiger partial charge in [-0.05, 0) is 70.6 Å². The molecule has 0 fully saturated rings. The molecule has 0 saturated carbocycles. The highest BCUT2D eigenvalue weighted by atomic mass is 16.3. The Morgan fingerprint density at radius 3 is 1.18 bits per heavy atom. The third-order valence-corrected chi connectivity index (χ3v) is 9.51. The van der Waals surface area contributed by atoms with Crippen molar-refractivity contribution in [2.75, 3.05) is 6.61 Å². The van der Waals surface area contributed by atoms with Gasteiger partial charge in [0.25, 0.3) is 0 Å². The van der Waals surface area contributed by atoms with Gasteiger partial charge in [-0.3, -0.25) is 4.79 Å². The minimum Gasteiger partial charge on any atom is -0.394 e. The highest BCUT2D eigenvalue weighted by Crippen LogP contribution is 2.13. The van der Waals surface area contributed by atoms with Gasteiger partial charge in [0.05, 0.1) is 18.8 Å². The molecular formula is C45H83NO3. The molecular weight excluding hydrogens is 602 g/mol. The molecule has 0 rings (SSSR count). The summed E-state index contributed by atoms with van der Waals surface area (Å²) in [4.78, 5) is 12.4. The second-order valence-electron chi connectivity index (χ2n) is 14.4. The zero-order chi connectivity index (χ0) is 35.7. The summed E-state index contributed by atoms with van der Waals surface area (Å²) >= 11 is 0. The van der Waals surface area contributed by atoms with Crippen molar-refractivity contribution in [1.29, 1.82) is 0 Å². The van der Waals surface area contributed by atoms with Crippen LogP contribution in [0.5, 0.6) is 0 Å². The average molecular weight is 686 g/mol. The number of amides is 1. The second kappa shape index (κ2) is 40.8. The lowest BCUT2D eigenvalue weighted by Crippen LogP contribution is -2.45. The Bertz CT molecular complexity index is 786. The molecule has 0 aromatic carbocycles. The standard InChI is InChI=1S/C45H83NO3/c1-3-5-7-9-11-13-15-17-19-21-23-25-27-29-31-33-35-37-39-41-45(49)46-43(42-47)44(48)40-38-36-34-32-30-28-26-24-22-20-18-16-14-12-10-8-6-4-2/h21-24,30,32,38,40,43-44,47-48H,3-20,25-29,31,33-37,39,41-42H2,1-2H3,(H,46,49)/b23-21-,24-22+,32-30+,40-38+. The fourth-order valence-electron chi connectivity index (χ4n) is 6.20. The van der Waals surface area contributed by atoms with Crippen molar-refractivity contribution in [2.45, 2.75) is 225 Å². The van der Waals surface area contributed by atoms with E-state index in [0.717, 1.165) is 38.5 Å². The van der Waals surface area contributed by atoms with Crippen LogP contribution in [-0.2, 0) is 4.79 Å². The van der Waals surface area contributed by atoms with Gasteiger partial charge in [-0.2, -0.15) is 0 Å². The zero-order valence-corrected chi connectivity index (χ0v) is 32.7. The van der Waals surface area contributed by atoms with Gasteiger partial charge in [0.2, 0.25) is 5.91 Å². The van der Waals surface area contributed by atoms with Crippen LogP contribution in [0.25, 0.3) is 0 Å². The van der Waals surface area contributed by atoms with Crippen molar-refractivity contribution < 1.29 is 15.0 Å². The fraction of sp³-hybridized carbons (Fsp3) is 0.800. The molecule has 0 radical (unpaired) electrons. The molecule has 1 amide bonds. The summed E-state index contributed by atoms with van der Waals surface area (Å²) in [5, 5.41) is 23.0. The van der Waals surface area contributed by atoms with E-state index in [1.807, 2.05) is 6.08 Å². The topological polar surface area (TPSA) is 69.6 Å². The third kappa shape index (κ3) is 37.4. The molecule has 0 aromatic heterocycles. The van der Waals surface area contributed by atoms with Crippen molar-refractivity contribution in [1.82, 2.24) is 5.32 Å². The summed E-state index contributed by atoms with van der Waals surface area (Å²) in [5.41, 5.74) is 0. The smallest absolute Gasteiger partial charge is 0.220 e. The van der Waals surface area contributed by atoms with E-state index in [9.17, 15) is 15.0 Å². The maximum Gasteiger partial charge on any atom is 0.220 e. The molecule has 0 spiro atoms. The van der Waals surface area contributed by atoms with Gasteiger partial charge in [0.1, 0.15) is 0 Å². The van der Waals surface area contributed by atoms with Crippen molar-refractivity contribution in [2.24, 2.45) is 0 Å². The molecule has 0 aromatic rings. The normalized spacial score (nSPS) is 13.5. The SMILES string of the molecule is CCCCCCCCCC/C=C\CCCCCCCCCC(=O)NC(CO)C(O)/C=C/CC/C=C/CC/C=C/CCCCCCCCCC. The number of carbonyl (C=O) groups excluding carboxylic acids is 1. The van der Waals surface area contributed by atoms with Crippen LogP contribution < -0.4 is 5.32 Å². The molecule has 4 nitrogen and oxygen atoms in total. The number of hydrogen-bond donors (Lipinski definition) is 3. The van der Waals surface area contributed by atoms with E-state index in [1.54, 1.807) is 6.08 Å². The predicted octanol–water partition coefficient (Wildman–Crippen LogP) is 13.2. The largest absolute Gasteiger partial charge is 0.394 e. The maximum absolute atomic E-state index is 12.4. The molecule has 0 heterocycles. The Balaban J connectivity index is 3.66. The molecule has 2 atom stereocenters. The van der Waals surface area contributed by atoms with Gasteiger partial charge in [-0.1, -0.05) is 184 Å². The lowest BCUT2D eigenvalue weighted by molar-refractivity contribution is -0.123. The van der Waals surface area contributed by atoms with Crippen LogP contribution >= 0.6 is 0 Å². The number of allylic oxidation sites excluding steroid dienone is 7. The average Bonchev–Trinajstić information content (AvgIpc) is 3.10. The van der Waals surface area contributed by atoms with Gasteiger partial charge in [0.15, 0.2) is 0 Å². The van der Waals surface area contributed by atoms with Crippen molar-refractivity contribution in [3.05, 3.63) is 48.6 Å². The number of nitrogens with one attached hydrogen (secondary N) is 1. The number of rotatable bonds is 38. The molecule has 286 valence electrons. The maximum atomic E-state index is 12.4. The summed E-state index contributed by atoms with van der Waals surface area (Å²) in [6, 6.07) is -0.647. The highest BCUT2D eigenvalue weighted by molar-refractivity contribution is 5.76. The summed E-state index contributed by atoms with van der Waals surface area (Å²) in [6.07, 6.45) is 55.0. The van der Waals surface area contributed by atoms with Crippen LogP contribution in [-0.4, -0.2) is 34.9 Å². The number of aliphatic hydroxyl groups excluding tert-OH is 2. The monoisotopic (exact) mass is 686 g/mol. The Kier molecular flexibility index (Phi) is 39.4. The predicted molar refractivity (Wildman–Crippen MR) is 216 cm³/mol. The molecule has 0 aliphatic rings. The first-order chi connectivity index (χ1) is 24.2. The van der Waals surface area contributed by atoms with Crippen LogP contribution in [0, 0.1) is 0 Å². The van der Waals surface area contributed by atoms with Gasteiger partial charge in [0, 0.05) is 6.42 Å². The first kappa shape index (κ1) is 47.4. The first-order valence-corrected chi connectivity index (χ1v) is 21.4. The van der Waals surface area contributed by atoms with Crippen molar-refractivity contribution in [3.8, 4) is 0 Å². The van der Waals surface area contributed by atoms with E-state index in [-0.39, 0.29) is 12.5 Å². The zero-order valence-electron chi connectivity index (χ0n) is 32.7. The first-order valence-electron chi connectivity index (χ1n) is 21.4. The van der Waals surface area contributed by atoms with E-state index in [1.165, 1.54) is 154 Å². The van der Waals surface area contributed by atoms with Crippen LogP contribution in [0.3, 0.4) is 0 Å². The molecule has 0 saturated heterocycles. The Labute approximate surface area is 305 Å². The van der Waals surface area contributed by atoms with E-state index in [4.69, 9.17) is 0 Å². The Hall–Kier alpha value is -1.65. The fourth-order valence-corrected chi connectivity index (χ4v) is 6.20. The van der Waals surface area contributed by atoms with Crippen LogP contribution in [0.15, 0.2) is 48.6 Å². The van der Waals surface area contributed by atoms with E-state index >= 15 is 0 Å². The molecule has 3 N–H and O–H groups in total. The van der Waals surface area contributed by atoms with Crippen molar-refractivity contribution in [3.63, 3.8) is 0 Å². The summed E-state index contributed by atoms with van der Waals surface area (Å²) < 4.78 is 0. The molecule has 0 aliphatic carbocycles.